The Morgan fingerprint density at radius 1 is 1.24 bits per heavy atom. The van der Waals surface area contributed by atoms with Crippen molar-refractivity contribution < 1.29 is 19.1 Å². The molecule has 0 aromatic carbocycles. The molecule has 0 aliphatic rings. The van der Waals surface area contributed by atoms with Gasteiger partial charge in [0.1, 0.15) is 5.69 Å². The highest BCUT2D eigenvalue weighted by Gasteiger charge is 2.27. The van der Waals surface area contributed by atoms with Crippen molar-refractivity contribution in [2.45, 2.75) is 53.5 Å². The number of likely N-dealkylation sites (N-methyl/N-ethyl adjacent to an activating group) is 1. The van der Waals surface area contributed by atoms with Crippen molar-refractivity contribution in [2.24, 2.45) is 0 Å². The van der Waals surface area contributed by atoms with E-state index in [4.69, 9.17) is 4.74 Å². The molecule has 2 amide bonds. The molecule has 0 saturated carbocycles. The van der Waals surface area contributed by atoms with Crippen LogP contribution < -0.4 is 5.32 Å². The second kappa shape index (κ2) is 9.25. The first kappa shape index (κ1) is 20.7. The maximum absolute atomic E-state index is 12.9. The lowest BCUT2D eigenvalue weighted by Gasteiger charge is -2.21. The maximum atomic E-state index is 12.9. The summed E-state index contributed by atoms with van der Waals surface area (Å²) in [5.74, 6) is -0.960. The van der Waals surface area contributed by atoms with Crippen LogP contribution >= 0.6 is 0 Å². The lowest BCUT2D eigenvalue weighted by molar-refractivity contribution is -0.122. The number of amides is 2. The number of aromatic amines is 1. The number of aromatic nitrogens is 1. The summed E-state index contributed by atoms with van der Waals surface area (Å²) in [7, 11) is 1.32. The summed E-state index contributed by atoms with van der Waals surface area (Å²) in [4.78, 5) is 41.5. The molecule has 7 nitrogen and oxygen atoms in total. The van der Waals surface area contributed by atoms with Crippen LogP contribution in [0.25, 0.3) is 0 Å². The fourth-order valence-electron chi connectivity index (χ4n) is 2.76. The molecule has 7 heteroatoms. The third kappa shape index (κ3) is 5.08. The highest BCUT2D eigenvalue weighted by Crippen LogP contribution is 2.23. The fraction of sp³-hybridized carbons (Fsp3) is 0.611. The Hall–Kier alpha value is -2.31. The number of carbonyl (C=O) groups is 3. The second-order valence-corrected chi connectivity index (χ2v) is 6.26. The zero-order valence-electron chi connectivity index (χ0n) is 16.0. The number of methoxy groups -OCH3 is 1. The number of rotatable bonds is 8. The van der Waals surface area contributed by atoms with Gasteiger partial charge in [0.2, 0.25) is 5.91 Å². The zero-order valence-corrected chi connectivity index (χ0v) is 16.0. The Kier molecular flexibility index (Phi) is 7.67. The van der Waals surface area contributed by atoms with Gasteiger partial charge in [0.25, 0.3) is 5.91 Å². The Morgan fingerprint density at radius 3 is 2.36 bits per heavy atom. The quantitative estimate of drug-likeness (QED) is 0.701. The van der Waals surface area contributed by atoms with Gasteiger partial charge in [-0.25, -0.2) is 4.79 Å². The van der Waals surface area contributed by atoms with Crippen molar-refractivity contribution >= 4 is 17.8 Å². The molecule has 0 fully saturated rings. The van der Waals surface area contributed by atoms with Crippen LogP contribution in [0.2, 0.25) is 0 Å². The molecule has 0 unspecified atom stereocenters. The Bertz CT molecular complexity index is 635. The predicted octanol–water partition coefficient (Wildman–Crippen LogP) is 2.05. The number of hydrogen-bond acceptors (Lipinski definition) is 4. The minimum absolute atomic E-state index is 0.00983. The molecule has 1 aromatic rings. The molecule has 0 radical (unpaired) electrons. The molecule has 0 atom stereocenters. The number of ether oxygens (including phenoxy) is 1. The van der Waals surface area contributed by atoms with Gasteiger partial charge in [0.15, 0.2) is 0 Å². The topological polar surface area (TPSA) is 91.5 Å². The van der Waals surface area contributed by atoms with E-state index in [-0.39, 0.29) is 24.4 Å². The van der Waals surface area contributed by atoms with Crippen molar-refractivity contribution in [3.05, 3.63) is 22.5 Å². The van der Waals surface area contributed by atoms with Crippen LogP contribution in [0.1, 0.15) is 66.2 Å². The molecule has 25 heavy (non-hydrogen) atoms. The van der Waals surface area contributed by atoms with Gasteiger partial charge < -0.3 is 19.9 Å². The summed E-state index contributed by atoms with van der Waals surface area (Å²) in [6, 6.07) is 0.00983. The number of esters is 1. The van der Waals surface area contributed by atoms with Gasteiger partial charge >= 0.3 is 5.97 Å². The lowest BCUT2D eigenvalue weighted by atomic mass is 10.0. The SMILES string of the molecule is CCCc1c(C(=O)N(CC)CC(=O)NC(C)C)[nH]c(C)c1C(=O)OC. The van der Waals surface area contributed by atoms with E-state index in [9.17, 15) is 14.4 Å². The average Bonchev–Trinajstić information content (AvgIpc) is 2.87. The molecule has 0 aliphatic heterocycles. The number of carbonyl (C=O) groups excluding carboxylic acids is 3. The van der Waals surface area contributed by atoms with E-state index >= 15 is 0 Å². The Morgan fingerprint density at radius 2 is 1.88 bits per heavy atom. The molecule has 0 aliphatic carbocycles. The number of nitrogens with one attached hydrogen (secondary N) is 2. The van der Waals surface area contributed by atoms with Gasteiger partial charge in [-0.2, -0.15) is 0 Å². The lowest BCUT2D eigenvalue weighted by Crippen LogP contribution is -2.43. The number of aryl methyl sites for hydroxylation is 1. The third-order valence-electron chi connectivity index (χ3n) is 3.85. The van der Waals surface area contributed by atoms with E-state index in [2.05, 4.69) is 10.3 Å². The minimum Gasteiger partial charge on any atom is -0.465 e. The van der Waals surface area contributed by atoms with Gasteiger partial charge in [-0.3, -0.25) is 9.59 Å². The largest absolute Gasteiger partial charge is 0.465 e. The molecular weight excluding hydrogens is 322 g/mol. The maximum Gasteiger partial charge on any atom is 0.339 e. The third-order valence-corrected chi connectivity index (χ3v) is 3.85. The Labute approximate surface area is 149 Å². The van der Waals surface area contributed by atoms with Crippen molar-refractivity contribution in [3.8, 4) is 0 Å². The monoisotopic (exact) mass is 351 g/mol. The second-order valence-electron chi connectivity index (χ2n) is 6.26. The van der Waals surface area contributed by atoms with Gasteiger partial charge in [0.05, 0.1) is 19.2 Å². The fourth-order valence-corrected chi connectivity index (χ4v) is 2.76. The normalized spacial score (nSPS) is 10.7. The summed E-state index contributed by atoms with van der Waals surface area (Å²) in [5.41, 5.74) is 2.02. The van der Waals surface area contributed by atoms with Crippen molar-refractivity contribution in [1.82, 2.24) is 15.2 Å². The predicted molar refractivity (Wildman–Crippen MR) is 95.7 cm³/mol. The number of nitrogens with zero attached hydrogens (tertiary/aromatic N) is 1. The first-order chi connectivity index (χ1) is 11.8. The van der Waals surface area contributed by atoms with Crippen LogP contribution in [0.4, 0.5) is 0 Å². The molecule has 0 spiro atoms. The average molecular weight is 351 g/mol. The van der Waals surface area contributed by atoms with Crippen LogP contribution in [0.5, 0.6) is 0 Å². The smallest absolute Gasteiger partial charge is 0.339 e. The standard InChI is InChI=1S/C18H29N3O4/c1-7-9-13-15(18(24)25-6)12(5)20-16(13)17(23)21(8-2)10-14(22)19-11(3)4/h11,20H,7-10H2,1-6H3,(H,19,22). The van der Waals surface area contributed by atoms with Crippen LogP contribution in [0.15, 0.2) is 0 Å². The van der Waals surface area contributed by atoms with Crippen molar-refractivity contribution in [2.75, 3.05) is 20.2 Å². The first-order valence-electron chi connectivity index (χ1n) is 8.65. The molecule has 140 valence electrons. The number of H-pyrrole nitrogens is 1. The van der Waals surface area contributed by atoms with Crippen LogP contribution in [0.3, 0.4) is 0 Å². The summed E-state index contributed by atoms with van der Waals surface area (Å²) < 4.78 is 4.84. The Balaban J connectivity index is 3.17. The van der Waals surface area contributed by atoms with Crippen LogP contribution in [-0.2, 0) is 16.0 Å². The van der Waals surface area contributed by atoms with Gasteiger partial charge in [-0.15, -0.1) is 0 Å². The highest BCUT2D eigenvalue weighted by molar-refractivity contribution is 6.01. The molecular formula is C18H29N3O4. The summed E-state index contributed by atoms with van der Waals surface area (Å²) in [6.45, 7) is 9.64. The van der Waals surface area contributed by atoms with Gasteiger partial charge in [0, 0.05) is 18.3 Å². The highest BCUT2D eigenvalue weighted by atomic mass is 16.5. The van der Waals surface area contributed by atoms with E-state index < -0.39 is 5.97 Å². The van der Waals surface area contributed by atoms with Crippen LogP contribution in [0, 0.1) is 6.92 Å². The van der Waals surface area contributed by atoms with E-state index in [0.29, 0.717) is 35.5 Å². The summed E-state index contributed by atoms with van der Waals surface area (Å²) >= 11 is 0. The van der Waals surface area contributed by atoms with E-state index in [0.717, 1.165) is 6.42 Å². The van der Waals surface area contributed by atoms with Crippen molar-refractivity contribution in [3.63, 3.8) is 0 Å². The summed E-state index contributed by atoms with van der Waals surface area (Å²) in [6.07, 6.45) is 1.35. The summed E-state index contributed by atoms with van der Waals surface area (Å²) in [5, 5.41) is 2.78. The van der Waals surface area contributed by atoms with E-state index in [1.807, 2.05) is 27.7 Å². The molecule has 1 heterocycles. The first-order valence-corrected chi connectivity index (χ1v) is 8.65. The van der Waals surface area contributed by atoms with Crippen molar-refractivity contribution in [1.29, 1.82) is 0 Å². The van der Waals surface area contributed by atoms with E-state index in [1.165, 1.54) is 12.0 Å². The molecule has 2 N–H and O–H groups in total. The molecule has 1 aromatic heterocycles. The van der Waals surface area contributed by atoms with Gasteiger partial charge in [-0.05, 0) is 39.7 Å². The van der Waals surface area contributed by atoms with E-state index in [1.54, 1.807) is 6.92 Å². The van der Waals surface area contributed by atoms with Gasteiger partial charge in [-0.1, -0.05) is 13.3 Å². The van der Waals surface area contributed by atoms with Crippen LogP contribution in [-0.4, -0.2) is 53.9 Å². The zero-order chi connectivity index (χ0) is 19.1. The molecule has 0 bridgehead atoms. The molecule has 1 rings (SSSR count). The minimum atomic E-state index is -0.461. The molecule has 0 saturated heterocycles. The number of hydrogen-bond donors (Lipinski definition) is 2.